The number of ether oxygens (including phenoxy) is 2. The van der Waals surface area contributed by atoms with Gasteiger partial charge in [-0.25, -0.2) is 9.97 Å². The van der Waals surface area contributed by atoms with Crippen molar-refractivity contribution in [3.05, 3.63) is 30.3 Å². The Morgan fingerprint density at radius 2 is 2.43 bits per heavy atom. The van der Waals surface area contributed by atoms with Gasteiger partial charge in [0.1, 0.15) is 18.8 Å². The molecular formula is C13H17N5O3. The van der Waals surface area contributed by atoms with E-state index in [4.69, 9.17) is 14.0 Å². The third-order valence-electron chi connectivity index (χ3n) is 3.21. The molecule has 0 bridgehead atoms. The summed E-state index contributed by atoms with van der Waals surface area (Å²) in [5, 5.41) is 3.85. The first-order chi connectivity index (χ1) is 10.3. The molecule has 0 aliphatic carbocycles. The van der Waals surface area contributed by atoms with Gasteiger partial charge in [0.25, 0.3) is 0 Å². The molecule has 0 aromatic carbocycles. The Morgan fingerprint density at radius 1 is 1.48 bits per heavy atom. The van der Waals surface area contributed by atoms with Gasteiger partial charge in [-0.3, -0.25) is 0 Å². The molecule has 0 spiro atoms. The number of hydrogen-bond donors (Lipinski definition) is 0. The van der Waals surface area contributed by atoms with E-state index in [0.29, 0.717) is 31.3 Å². The summed E-state index contributed by atoms with van der Waals surface area (Å²) >= 11 is 0. The summed E-state index contributed by atoms with van der Waals surface area (Å²) in [6.07, 6.45) is 3.87. The van der Waals surface area contributed by atoms with Crippen molar-refractivity contribution in [1.29, 1.82) is 0 Å². The number of aromatic nitrogens is 4. The molecule has 3 rings (SSSR count). The highest BCUT2D eigenvalue weighted by atomic mass is 16.5. The summed E-state index contributed by atoms with van der Waals surface area (Å²) in [7, 11) is 1.60. The first kappa shape index (κ1) is 13.9. The van der Waals surface area contributed by atoms with E-state index in [-0.39, 0.29) is 6.10 Å². The average molecular weight is 291 g/mol. The van der Waals surface area contributed by atoms with Crippen LogP contribution in [0.3, 0.4) is 0 Å². The van der Waals surface area contributed by atoms with Crippen LogP contribution in [-0.2, 0) is 22.5 Å². The van der Waals surface area contributed by atoms with E-state index in [2.05, 4.69) is 25.0 Å². The fraction of sp³-hybridized carbons (Fsp3) is 0.538. The van der Waals surface area contributed by atoms with Gasteiger partial charge in [-0.2, -0.15) is 4.98 Å². The average Bonchev–Trinajstić information content (AvgIpc) is 2.96. The van der Waals surface area contributed by atoms with E-state index < -0.39 is 0 Å². The molecule has 0 saturated carbocycles. The van der Waals surface area contributed by atoms with Gasteiger partial charge in [0.15, 0.2) is 5.82 Å². The molecule has 0 amide bonds. The minimum Gasteiger partial charge on any atom is -0.377 e. The Hall–Kier alpha value is -2.06. The molecule has 0 unspecified atom stereocenters. The molecular weight excluding hydrogens is 274 g/mol. The number of anilines is 1. The highest BCUT2D eigenvalue weighted by Crippen LogP contribution is 2.16. The Labute approximate surface area is 122 Å². The van der Waals surface area contributed by atoms with Crippen LogP contribution in [0.25, 0.3) is 0 Å². The Kier molecular flexibility index (Phi) is 4.37. The molecule has 8 heteroatoms. The number of rotatable bonds is 5. The second kappa shape index (κ2) is 6.59. The van der Waals surface area contributed by atoms with Gasteiger partial charge in [-0.05, 0) is 6.07 Å². The minimum atomic E-state index is 0.00422. The second-order valence-corrected chi connectivity index (χ2v) is 4.75. The first-order valence-corrected chi connectivity index (χ1v) is 6.78. The maximum absolute atomic E-state index is 5.76. The Balaban J connectivity index is 1.60. The van der Waals surface area contributed by atoms with Crippen LogP contribution in [0, 0.1) is 0 Å². The first-order valence-electron chi connectivity index (χ1n) is 6.78. The maximum Gasteiger partial charge on any atom is 0.229 e. The second-order valence-electron chi connectivity index (χ2n) is 4.75. The van der Waals surface area contributed by atoms with Crippen molar-refractivity contribution in [3.8, 4) is 0 Å². The molecule has 112 valence electrons. The smallest absolute Gasteiger partial charge is 0.229 e. The van der Waals surface area contributed by atoms with Crippen LogP contribution in [0.2, 0.25) is 0 Å². The van der Waals surface area contributed by atoms with Crippen molar-refractivity contribution in [3.63, 3.8) is 0 Å². The summed E-state index contributed by atoms with van der Waals surface area (Å²) < 4.78 is 15.9. The van der Waals surface area contributed by atoms with Crippen LogP contribution in [0.4, 0.5) is 5.82 Å². The van der Waals surface area contributed by atoms with Gasteiger partial charge in [0.2, 0.25) is 5.89 Å². The molecule has 2 aromatic rings. The lowest BCUT2D eigenvalue weighted by Gasteiger charge is -2.33. The minimum absolute atomic E-state index is 0.00422. The predicted molar refractivity (Wildman–Crippen MR) is 72.7 cm³/mol. The van der Waals surface area contributed by atoms with Crippen molar-refractivity contribution in [2.24, 2.45) is 0 Å². The zero-order valence-electron chi connectivity index (χ0n) is 11.8. The summed E-state index contributed by atoms with van der Waals surface area (Å²) in [6, 6.07) is 1.89. The van der Waals surface area contributed by atoms with Gasteiger partial charge >= 0.3 is 0 Å². The van der Waals surface area contributed by atoms with Crippen LogP contribution in [0.15, 0.2) is 23.1 Å². The van der Waals surface area contributed by atoms with E-state index in [0.717, 1.165) is 18.9 Å². The van der Waals surface area contributed by atoms with Gasteiger partial charge in [-0.15, -0.1) is 0 Å². The van der Waals surface area contributed by atoms with Crippen LogP contribution in [0.1, 0.15) is 11.7 Å². The molecule has 1 aliphatic rings. The number of morpholine rings is 1. The van der Waals surface area contributed by atoms with E-state index in [9.17, 15) is 0 Å². The van der Waals surface area contributed by atoms with Gasteiger partial charge in [-0.1, -0.05) is 5.16 Å². The summed E-state index contributed by atoms with van der Waals surface area (Å²) in [6.45, 7) is 2.54. The standard InChI is InChI=1S/C13H17N5O3/c1-19-8-11-16-13(21-17-11)6-10-7-18(4-5-20-10)12-2-3-14-9-15-12/h2-3,9-10H,4-8H2,1H3/t10-/m1/s1. The van der Waals surface area contributed by atoms with Crippen molar-refractivity contribution in [2.45, 2.75) is 19.1 Å². The van der Waals surface area contributed by atoms with Crippen molar-refractivity contribution < 1.29 is 14.0 Å². The predicted octanol–water partition coefficient (Wildman–Crippen LogP) is 0.454. The van der Waals surface area contributed by atoms with Crippen molar-refractivity contribution >= 4 is 5.82 Å². The fourth-order valence-electron chi connectivity index (χ4n) is 2.28. The molecule has 8 nitrogen and oxygen atoms in total. The largest absolute Gasteiger partial charge is 0.377 e. The molecule has 21 heavy (non-hydrogen) atoms. The highest BCUT2D eigenvalue weighted by Gasteiger charge is 2.23. The van der Waals surface area contributed by atoms with Crippen LogP contribution < -0.4 is 4.90 Å². The van der Waals surface area contributed by atoms with E-state index in [1.807, 2.05) is 6.07 Å². The molecule has 0 radical (unpaired) electrons. The molecule has 1 saturated heterocycles. The monoisotopic (exact) mass is 291 g/mol. The van der Waals surface area contributed by atoms with Crippen LogP contribution in [0.5, 0.6) is 0 Å². The Bertz CT molecular complexity index is 562. The third kappa shape index (κ3) is 3.53. The number of methoxy groups -OCH3 is 1. The SMILES string of the molecule is COCc1noc(C[C@@H]2CN(c3ccncn3)CCO2)n1. The molecule has 0 N–H and O–H groups in total. The normalized spacial score (nSPS) is 18.9. The molecule has 1 aliphatic heterocycles. The lowest BCUT2D eigenvalue weighted by atomic mass is 10.2. The summed E-state index contributed by atoms with van der Waals surface area (Å²) in [5.41, 5.74) is 0. The summed E-state index contributed by atoms with van der Waals surface area (Å²) in [5.74, 6) is 2.02. The van der Waals surface area contributed by atoms with Crippen LogP contribution in [-0.4, -0.2) is 53.0 Å². The van der Waals surface area contributed by atoms with Crippen molar-refractivity contribution in [1.82, 2.24) is 20.1 Å². The van der Waals surface area contributed by atoms with E-state index >= 15 is 0 Å². The summed E-state index contributed by atoms with van der Waals surface area (Å²) in [4.78, 5) is 14.6. The molecule has 2 aromatic heterocycles. The maximum atomic E-state index is 5.76. The topological polar surface area (TPSA) is 86.4 Å². The van der Waals surface area contributed by atoms with Gasteiger partial charge < -0.3 is 18.9 Å². The quantitative estimate of drug-likeness (QED) is 0.785. The lowest BCUT2D eigenvalue weighted by molar-refractivity contribution is 0.0359. The highest BCUT2D eigenvalue weighted by molar-refractivity contribution is 5.37. The number of hydrogen-bond acceptors (Lipinski definition) is 8. The van der Waals surface area contributed by atoms with E-state index in [1.54, 1.807) is 19.6 Å². The zero-order chi connectivity index (χ0) is 14.5. The van der Waals surface area contributed by atoms with Gasteiger partial charge in [0.05, 0.1) is 19.1 Å². The van der Waals surface area contributed by atoms with Crippen LogP contribution >= 0.6 is 0 Å². The van der Waals surface area contributed by atoms with Gasteiger partial charge in [0, 0.05) is 26.4 Å². The van der Waals surface area contributed by atoms with E-state index in [1.165, 1.54) is 0 Å². The molecule has 1 fully saturated rings. The molecule has 3 heterocycles. The number of nitrogens with zero attached hydrogens (tertiary/aromatic N) is 5. The fourth-order valence-corrected chi connectivity index (χ4v) is 2.28. The zero-order valence-corrected chi connectivity index (χ0v) is 11.8. The Morgan fingerprint density at radius 3 is 3.24 bits per heavy atom. The third-order valence-corrected chi connectivity index (χ3v) is 3.21. The molecule has 1 atom stereocenters. The lowest BCUT2D eigenvalue weighted by Crippen LogP contribution is -2.43. The van der Waals surface area contributed by atoms with Crippen molar-refractivity contribution in [2.75, 3.05) is 31.7 Å².